The van der Waals surface area contributed by atoms with Crippen molar-refractivity contribution in [1.29, 1.82) is 0 Å². The van der Waals surface area contributed by atoms with E-state index in [9.17, 15) is 4.79 Å². The van der Waals surface area contributed by atoms with Crippen molar-refractivity contribution in [1.82, 2.24) is 10.2 Å². The zero-order valence-corrected chi connectivity index (χ0v) is 14.7. The molecule has 0 bridgehead atoms. The molecule has 4 rings (SSSR count). The number of benzene rings is 2. The van der Waals surface area contributed by atoms with Crippen LogP contribution in [0.5, 0.6) is 5.75 Å². The number of aromatic amines is 1. The van der Waals surface area contributed by atoms with Crippen LogP contribution >= 0.6 is 0 Å². The van der Waals surface area contributed by atoms with Gasteiger partial charge >= 0.3 is 0 Å². The Morgan fingerprint density at radius 1 is 1.23 bits per heavy atom. The lowest BCUT2D eigenvalue weighted by atomic mass is 9.98. The van der Waals surface area contributed by atoms with Gasteiger partial charge in [0.2, 0.25) is 5.91 Å². The quantitative estimate of drug-likeness (QED) is 0.766. The number of carbonyl (C=O) groups is 1. The molecule has 0 spiro atoms. The van der Waals surface area contributed by atoms with Gasteiger partial charge in [-0.3, -0.25) is 9.89 Å². The number of aromatic nitrogens is 2. The van der Waals surface area contributed by atoms with Crippen molar-refractivity contribution >= 4 is 11.6 Å². The van der Waals surface area contributed by atoms with Crippen molar-refractivity contribution in [2.24, 2.45) is 5.92 Å². The molecule has 3 aromatic rings. The maximum absolute atomic E-state index is 12.9. The van der Waals surface area contributed by atoms with Crippen LogP contribution in [0.2, 0.25) is 0 Å². The summed E-state index contributed by atoms with van der Waals surface area (Å²) in [4.78, 5) is 14.8. The molecule has 2 heterocycles. The van der Waals surface area contributed by atoms with Gasteiger partial charge < -0.3 is 9.64 Å². The van der Waals surface area contributed by atoms with Crippen LogP contribution in [0.15, 0.2) is 60.9 Å². The third-order valence-corrected chi connectivity index (χ3v) is 4.95. The molecule has 5 heteroatoms. The van der Waals surface area contributed by atoms with Crippen molar-refractivity contribution in [3.05, 3.63) is 66.5 Å². The largest absolute Gasteiger partial charge is 0.496 e. The Bertz CT molecular complexity index is 891. The monoisotopic (exact) mass is 347 g/mol. The van der Waals surface area contributed by atoms with Crippen LogP contribution in [0.25, 0.3) is 11.1 Å². The summed E-state index contributed by atoms with van der Waals surface area (Å²) in [5, 5.41) is 6.81. The summed E-state index contributed by atoms with van der Waals surface area (Å²) in [7, 11) is 1.65. The molecule has 1 atom stereocenters. The first-order valence-corrected chi connectivity index (χ1v) is 8.79. The first-order valence-electron chi connectivity index (χ1n) is 8.79. The van der Waals surface area contributed by atoms with Crippen LogP contribution in [0.3, 0.4) is 0 Å². The second-order valence-corrected chi connectivity index (χ2v) is 6.54. The Hall–Kier alpha value is -3.08. The van der Waals surface area contributed by atoms with Gasteiger partial charge in [-0.15, -0.1) is 0 Å². The van der Waals surface area contributed by atoms with Crippen molar-refractivity contribution in [2.75, 3.05) is 18.6 Å². The summed E-state index contributed by atoms with van der Waals surface area (Å²) in [6, 6.07) is 16.1. The minimum absolute atomic E-state index is 0.0388. The summed E-state index contributed by atoms with van der Waals surface area (Å²) >= 11 is 0. The number of nitrogens with one attached hydrogen (secondary N) is 1. The maximum Gasteiger partial charge on any atom is 0.230 e. The number of amides is 1. The van der Waals surface area contributed by atoms with E-state index in [-0.39, 0.29) is 11.8 Å². The fourth-order valence-corrected chi connectivity index (χ4v) is 3.57. The molecular formula is C21H21N3O2. The van der Waals surface area contributed by atoms with Crippen LogP contribution in [-0.4, -0.2) is 29.8 Å². The van der Waals surface area contributed by atoms with Gasteiger partial charge in [-0.1, -0.05) is 30.3 Å². The number of hydrogen-bond donors (Lipinski definition) is 1. The molecule has 5 nitrogen and oxygen atoms in total. The van der Waals surface area contributed by atoms with E-state index < -0.39 is 0 Å². The summed E-state index contributed by atoms with van der Waals surface area (Å²) in [6.07, 6.45) is 5.25. The minimum atomic E-state index is 0.0388. The van der Waals surface area contributed by atoms with Gasteiger partial charge in [0, 0.05) is 41.5 Å². The molecule has 0 radical (unpaired) electrons. The highest BCUT2D eigenvalue weighted by molar-refractivity contribution is 5.98. The van der Waals surface area contributed by atoms with Gasteiger partial charge in [0.05, 0.1) is 13.3 Å². The van der Waals surface area contributed by atoms with Crippen molar-refractivity contribution < 1.29 is 9.53 Å². The van der Waals surface area contributed by atoms with Crippen LogP contribution < -0.4 is 9.64 Å². The van der Waals surface area contributed by atoms with E-state index in [1.807, 2.05) is 47.5 Å². The molecule has 1 fully saturated rings. The van der Waals surface area contributed by atoms with Crippen molar-refractivity contribution in [2.45, 2.75) is 12.8 Å². The highest BCUT2D eigenvalue weighted by Crippen LogP contribution is 2.35. The lowest BCUT2D eigenvalue weighted by Crippen LogP contribution is -2.27. The van der Waals surface area contributed by atoms with E-state index >= 15 is 0 Å². The number of hydrogen-bond acceptors (Lipinski definition) is 3. The Morgan fingerprint density at radius 2 is 2.08 bits per heavy atom. The molecule has 1 aromatic heterocycles. The number of rotatable bonds is 5. The standard InChI is InChI=1S/C21H21N3O2/c1-26-20-12-18(7-8-19(20)17-13-22-23-14-17)24-10-9-16(21(24)25)11-15-5-3-2-4-6-15/h2-8,12-14,16H,9-11H2,1H3,(H,22,23). The van der Waals surface area contributed by atoms with Gasteiger partial charge in [0.15, 0.2) is 0 Å². The van der Waals surface area contributed by atoms with E-state index in [2.05, 4.69) is 22.3 Å². The Labute approximate surface area is 152 Å². The minimum Gasteiger partial charge on any atom is -0.496 e. The highest BCUT2D eigenvalue weighted by atomic mass is 16.5. The molecule has 1 N–H and O–H groups in total. The van der Waals surface area contributed by atoms with Gasteiger partial charge in [-0.05, 0) is 30.5 Å². The molecule has 0 aliphatic carbocycles. The van der Waals surface area contributed by atoms with Crippen LogP contribution in [-0.2, 0) is 11.2 Å². The molecule has 132 valence electrons. The molecule has 2 aromatic carbocycles. The van der Waals surface area contributed by atoms with E-state index in [0.29, 0.717) is 0 Å². The molecule has 1 unspecified atom stereocenters. The smallest absolute Gasteiger partial charge is 0.230 e. The second kappa shape index (κ2) is 7.04. The zero-order chi connectivity index (χ0) is 17.9. The number of nitrogens with zero attached hydrogens (tertiary/aromatic N) is 2. The lowest BCUT2D eigenvalue weighted by molar-refractivity contribution is -0.120. The summed E-state index contributed by atoms with van der Waals surface area (Å²) in [5.41, 5.74) is 4.01. The topological polar surface area (TPSA) is 58.2 Å². The third kappa shape index (κ3) is 3.08. The van der Waals surface area contributed by atoms with E-state index in [1.165, 1.54) is 5.56 Å². The van der Waals surface area contributed by atoms with Gasteiger partial charge in [-0.25, -0.2) is 0 Å². The number of anilines is 1. The van der Waals surface area contributed by atoms with Crippen molar-refractivity contribution in [3.63, 3.8) is 0 Å². The summed E-state index contributed by atoms with van der Waals surface area (Å²) in [5.74, 6) is 0.965. The molecule has 26 heavy (non-hydrogen) atoms. The van der Waals surface area contributed by atoms with E-state index in [1.54, 1.807) is 13.3 Å². The van der Waals surface area contributed by atoms with Crippen molar-refractivity contribution in [3.8, 4) is 16.9 Å². The lowest BCUT2D eigenvalue weighted by Gasteiger charge is -2.19. The average molecular weight is 347 g/mol. The van der Waals surface area contributed by atoms with Gasteiger partial charge in [0.25, 0.3) is 0 Å². The van der Waals surface area contributed by atoms with E-state index in [4.69, 9.17) is 4.74 Å². The average Bonchev–Trinajstić information content (AvgIpc) is 3.33. The second-order valence-electron chi connectivity index (χ2n) is 6.54. The predicted octanol–water partition coefficient (Wildman–Crippen LogP) is 3.68. The van der Waals surface area contributed by atoms with Crippen LogP contribution in [0, 0.1) is 5.92 Å². The summed E-state index contributed by atoms with van der Waals surface area (Å²) < 4.78 is 5.55. The Morgan fingerprint density at radius 3 is 2.81 bits per heavy atom. The summed E-state index contributed by atoms with van der Waals surface area (Å²) in [6.45, 7) is 0.741. The molecule has 1 aliphatic heterocycles. The molecule has 1 saturated heterocycles. The van der Waals surface area contributed by atoms with Gasteiger partial charge in [0.1, 0.15) is 5.75 Å². The van der Waals surface area contributed by atoms with Crippen LogP contribution in [0.1, 0.15) is 12.0 Å². The fourth-order valence-electron chi connectivity index (χ4n) is 3.57. The zero-order valence-electron chi connectivity index (χ0n) is 14.7. The van der Waals surface area contributed by atoms with Crippen LogP contribution in [0.4, 0.5) is 5.69 Å². The predicted molar refractivity (Wildman–Crippen MR) is 101 cm³/mol. The SMILES string of the molecule is COc1cc(N2CCC(Cc3ccccc3)C2=O)ccc1-c1cn[nH]c1. The number of ether oxygens (including phenoxy) is 1. The first-order chi connectivity index (χ1) is 12.8. The highest BCUT2D eigenvalue weighted by Gasteiger charge is 2.32. The fraction of sp³-hybridized carbons (Fsp3) is 0.238. The third-order valence-electron chi connectivity index (χ3n) is 4.95. The molecular weight excluding hydrogens is 326 g/mol. The molecule has 1 aliphatic rings. The maximum atomic E-state index is 12.9. The van der Waals surface area contributed by atoms with Gasteiger partial charge in [-0.2, -0.15) is 5.10 Å². The normalized spacial score (nSPS) is 16.9. The Kier molecular flexibility index (Phi) is 4.44. The Balaban J connectivity index is 1.55. The molecule has 1 amide bonds. The number of methoxy groups -OCH3 is 1. The number of H-pyrrole nitrogens is 1. The number of carbonyl (C=O) groups excluding carboxylic acids is 1. The van der Waals surface area contributed by atoms with E-state index in [0.717, 1.165) is 42.0 Å². The first kappa shape index (κ1) is 16.4. The molecule has 0 saturated carbocycles.